The fraction of sp³-hybridized carbons (Fsp3) is 0.360. The number of methoxy groups -OCH3 is 1. The van der Waals surface area contributed by atoms with Gasteiger partial charge >= 0.3 is 12.2 Å². The monoisotopic (exact) mass is 503 g/mol. The molecule has 4 N–H and O–H groups in total. The molecule has 2 fully saturated rings. The molecular formula is C25H28F3N5O3. The number of urea groups is 1. The highest BCUT2D eigenvalue weighted by molar-refractivity contribution is 6.16. The lowest BCUT2D eigenvalue weighted by Crippen LogP contribution is -2.26. The molecule has 2 aromatic rings. The number of anilines is 1. The number of carbonyl (C=O) groups is 1. The molecule has 8 nitrogen and oxygen atoms in total. The summed E-state index contributed by atoms with van der Waals surface area (Å²) in [7, 11) is 3.49. The van der Waals surface area contributed by atoms with Crippen LogP contribution in [0.15, 0.2) is 47.1 Å². The maximum Gasteiger partial charge on any atom is 0.420 e. The van der Waals surface area contributed by atoms with Gasteiger partial charge in [-0.1, -0.05) is 6.07 Å². The van der Waals surface area contributed by atoms with E-state index in [1.165, 1.54) is 31.7 Å². The van der Waals surface area contributed by atoms with E-state index in [0.717, 1.165) is 25.5 Å². The van der Waals surface area contributed by atoms with Gasteiger partial charge in [0.25, 0.3) is 0 Å². The van der Waals surface area contributed by atoms with Crippen LogP contribution in [-0.2, 0) is 6.18 Å². The third-order valence-corrected chi connectivity index (χ3v) is 6.17. The Morgan fingerprint density at radius 2 is 1.94 bits per heavy atom. The van der Waals surface area contributed by atoms with Crippen LogP contribution in [0.2, 0.25) is 0 Å². The number of nitrogens with zero attached hydrogens (tertiary/aromatic N) is 2. The van der Waals surface area contributed by atoms with Crippen molar-refractivity contribution in [2.24, 2.45) is 4.99 Å². The summed E-state index contributed by atoms with van der Waals surface area (Å²) in [6.45, 7) is 1.66. The molecule has 2 heterocycles. The second kappa shape index (κ2) is 10.5. The molecule has 0 saturated carbocycles. The van der Waals surface area contributed by atoms with E-state index in [2.05, 4.69) is 27.6 Å². The highest BCUT2D eigenvalue weighted by atomic mass is 19.4. The minimum absolute atomic E-state index is 0.0245. The smallest absolute Gasteiger partial charge is 0.420 e. The van der Waals surface area contributed by atoms with Crippen LogP contribution in [0.5, 0.6) is 17.2 Å². The largest absolute Gasteiger partial charge is 0.493 e. The molecular weight excluding hydrogens is 475 g/mol. The van der Waals surface area contributed by atoms with Crippen molar-refractivity contribution in [3.05, 3.63) is 53.2 Å². The molecule has 11 heteroatoms. The van der Waals surface area contributed by atoms with E-state index in [1.807, 2.05) is 0 Å². The van der Waals surface area contributed by atoms with Gasteiger partial charge in [0.05, 0.1) is 12.8 Å². The van der Waals surface area contributed by atoms with E-state index < -0.39 is 17.5 Å². The average Bonchev–Trinajstić information content (AvgIpc) is 3.39. The van der Waals surface area contributed by atoms with Crippen LogP contribution >= 0.6 is 0 Å². The van der Waals surface area contributed by atoms with E-state index in [9.17, 15) is 18.0 Å². The first-order chi connectivity index (χ1) is 17.1. The number of hydrogen-bond donors (Lipinski definition) is 3. The van der Waals surface area contributed by atoms with Crippen molar-refractivity contribution in [2.45, 2.75) is 31.5 Å². The third kappa shape index (κ3) is 5.91. The number of rotatable bonds is 7. The number of hydrogen-bond acceptors (Lipinski definition) is 6. The van der Waals surface area contributed by atoms with E-state index in [0.29, 0.717) is 29.7 Å². The lowest BCUT2D eigenvalue weighted by atomic mass is 10.1. The van der Waals surface area contributed by atoms with E-state index in [4.69, 9.17) is 15.2 Å². The minimum atomic E-state index is -4.64. The number of alkyl halides is 3. The van der Waals surface area contributed by atoms with Crippen molar-refractivity contribution >= 4 is 23.6 Å². The summed E-state index contributed by atoms with van der Waals surface area (Å²) in [6, 6.07) is 8.17. The molecule has 2 aromatic carbocycles. The van der Waals surface area contributed by atoms with Crippen LogP contribution in [0.3, 0.4) is 0 Å². The van der Waals surface area contributed by atoms with Gasteiger partial charge in [-0.15, -0.1) is 0 Å². The first kappa shape index (κ1) is 25.4. The SMILES string of the molecule is COc1cc(/C=C2\NC(=O)NC2=NCCC2CCCN2C)ccc1Oc1ccc(N)cc1C(F)(F)F. The molecule has 0 aliphatic carbocycles. The Bertz CT molecular complexity index is 1200. The van der Waals surface area contributed by atoms with Gasteiger partial charge in [0, 0.05) is 18.3 Å². The zero-order chi connectivity index (χ0) is 25.9. The van der Waals surface area contributed by atoms with Crippen molar-refractivity contribution in [3.8, 4) is 17.2 Å². The Kier molecular flexibility index (Phi) is 7.39. The van der Waals surface area contributed by atoms with Gasteiger partial charge in [0.15, 0.2) is 17.3 Å². The number of carbonyl (C=O) groups excluding carboxylic acids is 1. The molecule has 1 atom stereocenters. The summed E-state index contributed by atoms with van der Waals surface area (Å²) in [5, 5.41) is 5.43. The molecule has 0 radical (unpaired) electrons. The molecule has 36 heavy (non-hydrogen) atoms. The predicted molar refractivity (Wildman–Crippen MR) is 131 cm³/mol. The maximum atomic E-state index is 13.4. The van der Waals surface area contributed by atoms with Gasteiger partial charge in [-0.2, -0.15) is 13.2 Å². The van der Waals surface area contributed by atoms with Crippen molar-refractivity contribution < 1.29 is 27.4 Å². The number of nitrogens with two attached hydrogens (primary N) is 1. The zero-order valence-electron chi connectivity index (χ0n) is 20.0. The van der Waals surface area contributed by atoms with Crippen LogP contribution in [-0.4, -0.2) is 50.1 Å². The number of nitrogens with one attached hydrogen (secondary N) is 2. The molecule has 1 unspecified atom stereocenters. The fourth-order valence-corrected chi connectivity index (χ4v) is 4.29. The third-order valence-electron chi connectivity index (χ3n) is 6.17. The highest BCUT2D eigenvalue weighted by Crippen LogP contribution is 2.41. The van der Waals surface area contributed by atoms with Gasteiger partial charge in [0.1, 0.15) is 11.3 Å². The summed E-state index contributed by atoms with van der Waals surface area (Å²) in [5.74, 6) is 0.361. The topological polar surface area (TPSA) is 101 Å². The van der Waals surface area contributed by atoms with E-state index in [-0.39, 0.29) is 23.2 Å². The average molecular weight is 504 g/mol. The molecule has 0 spiro atoms. The standard InChI is InChI=1S/C25H28F3N5O3/c1-33-11-3-4-17(33)9-10-30-23-19(31-24(34)32-23)12-15-5-7-21(22(13-15)35-2)36-20-8-6-16(29)14-18(20)25(26,27)28/h5-8,12-14,17H,3-4,9-11,29H2,1-2H3,(H2,30,31,32,34)/b19-12-. The number of nitrogen functional groups attached to an aromatic ring is 1. The molecule has 2 aliphatic heterocycles. The van der Waals surface area contributed by atoms with Gasteiger partial charge in [-0.25, -0.2) is 4.79 Å². The Balaban J connectivity index is 1.54. The predicted octanol–water partition coefficient (Wildman–Crippen LogP) is 4.63. The lowest BCUT2D eigenvalue weighted by molar-refractivity contribution is -0.138. The first-order valence-corrected chi connectivity index (χ1v) is 11.5. The summed E-state index contributed by atoms with van der Waals surface area (Å²) in [4.78, 5) is 18.8. The molecule has 2 aliphatic rings. The summed E-state index contributed by atoms with van der Waals surface area (Å²) >= 11 is 0. The van der Waals surface area contributed by atoms with Crippen LogP contribution < -0.4 is 25.8 Å². The minimum Gasteiger partial charge on any atom is -0.493 e. The molecule has 2 saturated heterocycles. The maximum absolute atomic E-state index is 13.4. The Labute approximate surface area is 207 Å². The van der Waals surface area contributed by atoms with E-state index >= 15 is 0 Å². The lowest BCUT2D eigenvalue weighted by Gasteiger charge is -2.18. The fourth-order valence-electron chi connectivity index (χ4n) is 4.29. The van der Waals surface area contributed by atoms with Crippen molar-refractivity contribution in [1.29, 1.82) is 0 Å². The van der Waals surface area contributed by atoms with Gasteiger partial charge in [0.2, 0.25) is 0 Å². The van der Waals surface area contributed by atoms with Crippen LogP contribution in [0, 0.1) is 0 Å². The number of benzene rings is 2. The number of aliphatic imine (C=N–C) groups is 1. The van der Waals surface area contributed by atoms with Crippen LogP contribution in [0.25, 0.3) is 6.08 Å². The van der Waals surface area contributed by atoms with Crippen molar-refractivity contribution in [2.75, 3.05) is 33.0 Å². The summed E-state index contributed by atoms with van der Waals surface area (Å²) in [6.07, 6.45) is 0.282. The number of halogens is 3. The molecule has 0 aromatic heterocycles. The molecule has 2 amide bonds. The molecule has 192 valence electrons. The molecule has 4 rings (SSSR count). The van der Waals surface area contributed by atoms with Gasteiger partial charge in [-0.05, 0) is 74.8 Å². The van der Waals surface area contributed by atoms with Gasteiger partial charge in [-0.3, -0.25) is 10.3 Å². The van der Waals surface area contributed by atoms with Gasteiger partial charge < -0.3 is 25.4 Å². The second-order valence-corrected chi connectivity index (χ2v) is 8.70. The molecule has 0 bridgehead atoms. The number of ether oxygens (including phenoxy) is 2. The van der Waals surface area contributed by atoms with Crippen molar-refractivity contribution in [3.63, 3.8) is 0 Å². The summed E-state index contributed by atoms with van der Waals surface area (Å²) < 4.78 is 51.2. The summed E-state index contributed by atoms with van der Waals surface area (Å²) in [5.41, 5.74) is 5.64. The van der Waals surface area contributed by atoms with Crippen LogP contribution in [0.4, 0.5) is 23.7 Å². The Morgan fingerprint density at radius 1 is 1.17 bits per heavy atom. The Morgan fingerprint density at radius 3 is 2.64 bits per heavy atom. The number of likely N-dealkylation sites (tertiary alicyclic amines) is 1. The number of amides is 2. The van der Waals surface area contributed by atoms with Crippen molar-refractivity contribution in [1.82, 2.24) is 15.5 Å². The second-order valence-electron chi connectivity index (χ2n) is 8.70. The first-order valence-electron chi connectivity index (χ1n) is 11.5. The quantitative estimate of drug-likeness (QED) is 0.479. The normalized spacial score (nSPS) is 20.6. The zero-order valence-corrected chi connectivity index (χ0v) is 20.0. The Hall–Kier alpha value is -3.73. The van der Waals surface area contributed by atoms with Crippen LogP contribution in [0.1, 0.15) is 30.4 Å². The highest BCUT2D eigenvalue weighted by Gasteiger charge is 2.35. The number of amidine groups is 1. The van der Waals surface area contributed by atoms with E-state index in [1.54, 1.807) is 18.2 Å².